The van der Waals surface area contributed by atoms with Gasteiger partial charge in [0.2, 0.25) is 0 Å². The van der Waals surface area contributed by atoms with Gasteiger partial charge in [-0.3, -0.25) is 0 Å². The van der Waals surface area contributed by atoms with Crippen LogP contribution < -0.4 is 10.6 Å². The normalized spacial score (nSPS) is 18.1. The van der Waals surface area contributed by atoms with Gasteiger partial charge < -0.3 is 20.4 Å². The molecular weight excluding hydrogens is 228 g/mol. The fourth-order valence-corrected chi connectivity index (χ4v) is 2.22. The lowest BCUT2D eigenvalue weighted by atomic mass is 10.0. The van der Waals surface area contributed by atoms with Crippen LogP contribution in [0.5, 0.6) is 0 Å². The summed E-state index contributed by atoms with van der Waals surface area (Å²) in [5.41, 5.74) is 0. The number of likely N-dealkylation sites (tertiary alicyclic amines) is 1. The van der Waals surface area contributed by atoms with E-state index in [-0.39, 0.29) is 6.03 Å². The second-order valence-electron chi connectivity index (χ2n) is 5.48. The topological polar surface area (TPSA) is 47.6 Å². The van der Waals surface area contributed by atoms with Crippen LogP contribution in [0.1, 0.15) is 26.7 Å². The molecule has 1 aliphatic heterocycles. The van der Waals surface area contributed by atoms with Crippen molar-refractivity contribution in [3.05, 3.63) is 0 Å². The molecule has 18 heavy (non-hydrogen) atoms. The van der Waals surface area contributed by atoms with Gasteiger partial charge in [-0.25, -0.2) is 4.79 Å². The number of amides is 2. The van der Waals surface area contributed by atoms with Crippen LogP contribution in [-0.4, -0.2) is 68.2 Å². The standard InChI is InChI=1S/C13H28N4O/c1-11(2)17-9-5-12(6-10-17)14-7-8-15-13(18)16(3)4/h11-12,14H,5-10H2,1-4H3,(H,15,18). The Labute approximate surface area is 111 Å². The minimum atomic E-state index is -0.0218. The van der Waals surface area contributed by atoms with Crippen LogP contribution in [0, 0.1) is 0 Å². The zero-order chi connectivity index (χ0) is 13.5. The summed E-state index contributed by atoms with van der Waals surface area (Å²) in [7, 11) is 3.51. The Kier molecular flexibility index (Phi) is 6.43. The Bertz CT molecular complexity index is 247. The number of rotatable bonds is 5. The van der Waals surface area contributed by atoms with Gasteiger partial charge in [-0.05, 0) is 39.8 Å². The average molecular weight is 256 g/mol. The third-order valence-electron chi connectivity index (χ3n) is 3.50. The first-order chi connectivity index (χ1) is 8.50. The predicted octanol–water partition coefficient (Wildman–Crippen LogP) is 0.720. The SMILES string of the molecule is CC(C)N1CCC(NCCNC(=O)N(C)C)CC1. The van der Waals surface area contributed by atoms with Gasteiger partial charge >= 0.3 is 6.03 Å². The van der Waals surface area contributed by atoms with Crippen molar-refractivity contribution in [2.24, 2.45) is 0 Å². The molecule has 0 bridgehead atoms. The Morgan fingerprint density at radius 1 is 1.28 bits per heavy atom. The molecule has 1 rings (SSSR count). The quantitative estimate of drug-likeness (QED) is 0.713. The summed E-state index contributed by atoms with van der Waals surface area (Å²) >= 11 is 0. The van der Waals surface area contributed by atoms with E-state index >= 15 is 0 Å². The maximum atomic E-state index is 11.3. The zero-order valence-corrected chi connectivity index (χ0v) is 12.2. The molecule has 5 nitrogen and oxygen atoms in total. The van der Waals surface area contributed by atoms with Gasteiger partial charge in [0.25, 0.3) is 0 Å². The molecular formula is C13H28N4O. The van der Waals surface area contributed by atoms with Gasteiger partial charge in [-0.1, -0.05) is 0 Å². The van der Waals surface area contributed by atoms with Crippen LogP contribution >= 0.6 is 0 Å². The molecule has 0 aromatic rings. The minimum Gasteiger partial charge on any atom is -0.337 e. The van der Waals surface area contributed by atoms with E-state index in [1.54, 1.807) is 19.0 Å². The van der Waals surface area contributed by atoms with Crippen LogP contribution in [0.2, 0.25) is 0 Å². The molecule has 0 aromatic carbocycles. The third-order valence-corrected chi connectivity index (χ3v) is 3.50. The number of carbonyl (C=O) groups excluding carboxylic acids is 1. The molecule has 0 spiro atoms. The molecule has 2 N–H and O–H groups in total. The molecule has 1 heterocycles. The molecule has 2 amide bonds. The van der Waals surface area contributed by atoms with Crippen molar-refractivity contribution >= 4 is 6.03 Å². The van der Waals surface area contributed by atoms with E-state index in [9.17, 15) is 4.79 Å². The van der Waals surface area contributed by atoms with Crippen molar-refractivity contribution in [1.29, 1.82) is 0 Å². The molecule has 0 atom stereocenters. The highest BCUT2D eigenvalue weighted by atomic mass is 16.2. The van der Waals surface area contributed by atoms with E-state index in [4.69, 9.17) is 0 Å². The largest absolute Gasteiger partial charge is 0.337 e. The van der Waals surface area contributed by atoms with Crippen molar-refractivity contribution in [2.75, 3.05) is 40.3 Å². The summed E-state index contributed by atoms with van der Waals surface area (Å²) in [6.07, 6.45) is 2.42. The summed E-state index contributed by atoms with van der Waals surface area (Å²) in [5, 5.41) is 6.38. The van der Waals surface area contributed by atoms with E-state index in [1.165, 1.54) is 25.9 Å². The second-order valence-corrected chi connectivity index (χ2v) is 5.48. The van der Waals surface area contributed by atoms with E-state index in [2.05, 4.69) is 29.4 Å². The maximum absolute atomic E-state index is 11.3. The summed E-state index contributed by atoms with van der Waals surface area (Å²) in [6.45, 7) is 8.42. The van der Waals surface area contributed by atoms with E-state index in [0.717, 1.165) is 6.54 Å². The van der Waals surface area contributed by atoms with Gasteiger partial charge in [0.1, 0.15) is 0 Å². The Hall–Kier alpha value is -0.810. The fourth-order valence-electron chi connectivity index (χ4n) is 2.22. The molecule has 1 fully saturated rings. The Morgan fingerprint density at radius 3 is 2.39 bits per heavy atom. The van der Waals surface area contributed by atoms with Crippen molar-refractivity contribution in [2.45, 2.75) is 38.8 Å². The lowest BCUT2D eigenvalue weighted by Gasteiger charge is -2.35. The molecule has 0 saturated carbocycles. The average Bonchev–Trinajstić information content (AvgIpc) is 2.34. The first-order valence-electron chi connectivity index (χ1n) is 6.93. The van der Waals surface area contributed by atoms with Crippen LogP contribution in [-0.2, 0) is 0 Å². The molecule has 1 saturated heterocycles. The van der Waals surface area contributed by atoms with Gasteiger partial charge in [0.05, 0.1) is 0 Å². The monoisotopic (exact) mass is 256 g/mol. The minimum absolute atomic E-state index is 0.0218. The third kappa shape index (κ3) is 5.23. The van der Waals surface area contributed by atoms with Crippen LogP contribution in [0.3, 0.4) is 0 Å². The molecule has 0 radical (unpaired) electrons. The van der Waals surface area contributed by atoms with Crippen molar-refractivity contribution in [3.63, 3.8) is 0 Å². The Balaban J connectivity index is 2.06. The summed E-state index contributed by atoms with van der Waals surface area (Å²) in [5.74, 6) is 0. The molecule has 106 valence electrons. The van der Waals surface area contributed by atoms with Gasteiger partial charge in [-0.2, -0.15) is 0 Å². The molecule has 0 unspecified atom stereocenters. The van der Waals surface area contributed by atoms with Crippen molar-refractivity contribution in [3.8, 4) is 0 Å². The number of piperidine rings is 1. The highest BCUT2D eigenvalue weighted by molar-refractivity contribution is 5.73. The van der Waals surface area contributed by atoms with E-state index in [1.807, 2.05) is 0 Å². The lowest BCUT2D eigenvalue weighted by molar-refractivity contribution is 0.161. The first-order valence-corrected chi connectivity index (χ1v) is 6.93. The van der Waals surface area contributed by atoms with Gasteiger partial charge in [0, 0.05) is 39.3 Å². The molecule has 0 aromatic heterocycles. The number of hydrogen-bond acceptors (Lipinski definition) is 3. The van der Waals surface area contributed by atoms with Crippen molar-refractivity contribution in [1.82, 2.24) is 20.4 Å². The highest BCUT2D eigenvalue weighted by Crippen LogP contribution is 2.12. The van der Waals surface area contributed by atoms with Crippen LogP contribution in [0.25, 0.3) is 0 Å². The number of urea groups is 1. The predicted molar refractivity (Wildman–Crippen MR) is 74.8 cm³/mol. The smallest absolute Gasteiger partial charge is 0.316 e. The molecule has 0 aliphatic carbocycles. The molecule has 5 heteroatoms. The highest BCUT2D eigenvalue weighted by Gasteiger charge is 2.19. The summed E-state index contributed by atoms with van der Waals surface area (Å²) < 4.78 is 0. The second kappa shape index (κ2) is 7.59. The number of nitrogens with one attached hydrogen (secondary N) is 2. The number of nitrogens with zero attached hydrogens (tertiary/aromatic N) is 2. The summed E-state index contributed by atoms with van der Waals surface area (Å²) in [6, 6.07) is 1.24. The lowest BCUT2D eigenvalue weighted by Crippen LogP contribution is -2.47. The van der Waals surface area contributed by atoms with Gasteiger partial charge in [0.15, 0.2) is 0 Å². The summed E-state index contributed by atoms with van der Waals surface area (Å²) in [4.78, 5) is 15.4. The zero-order valence-electron chi connectivity index (χ0n) is 12.2. The van der Waals surface area contributed by atoms with Crippen molar-refractivity contribution < 1.29 is 4.79 Å². The fraction of sp³-hybridized carbons (Fsp3) is 0.923. The Morgan fingerprint density at radius 2 is 1.89 bits per heavy atom. The number of carbonyl (C=O) groups is 1. The maximum Gasteiger partial charge on any atom is 0.316 e. The van der Waals surface area contributed by atoms with E-state index in [0.29, 0.717) is 18.6 Å². The first kappa shape index (κ1) is 15.2. The van der Waals surface area contributed by atoms with Crippen LogP contribution in [0.4, 0.5) is 4.79 Å². The van der Waals surface area contributed by atoms with E-state index < -0.39 is 0 Å². The molecule has 1 aliphatic rings. The number of hydrogen-bond donors (Lipinski definition) is 2. The van der Waals surface area contributed by atoms with Gasteiger partial charge in [-0.15, -0.1) is 0 Å². The van der Waals surface area contributed by atoms with Crippen LogP contribution in [0.15, 0.2) is 0 Å².